The van der Waals surface area contributed by atoms with Crippen molar-refractivity contribution in [2.45, 2.75) is 32.9 Å². The van der Waals surface area contributed by atoms with Crippen molar-refractivity contribution in [3.05, 3.63) is 58.6 Å². The summed E-state index contributed by atoms with van der Waals surface area (Å²) in [4.78, 5) is 27.5. The smallest absolute Gasteiger partial charge is 0.244 e. The number of sulfonamides is 1. The van der Waals surface area contributed by atoms with Crippen molar-refractivity contribution in [1.29, 1.82) is 0 Å². The quantitative estimate of drug-likeness (QED) is 0.473. The molecule has 0 aliphatic heterocycles. The van der Waals surface area contributed by atoms with Gasteiger partial charge in [0.2, 0.25) is 21.8 Å². The van der Waals surface area contributed by atoms with Crippen LogP contribution in [-0.2, 0) is 26.2 Å². The number of ether oxygens (including phenoxy) is 1. The molecule has 1 N–H and O–H groups in total. The molecule has 0 aromatic heterocycles. The minimum atomic E-state index is -3.78. The van der Waals surface area contributed by atoms with E-state index in [0.29, 0.717) is 22.5 Å². The zero-order valence-electron chi connectivity index (χ0n) is 19.2. The van der Waals surface area contributed by atoms with Crippen LogP contribution in [0.15, 0.2) is 53.0 Å². The summed E-state index contributed by atoms with van der Waals surface area (Å²) < 4.78 is 32.0. The molecule has 1 atom stereocenters. The van der Waals surface area contributed by atoms with Crippen LogP contribution < -0.4 is 14.4 Å². The predicted octanol–water partition coefficient (Wildman–Crippen LogP) is 3.17. The monoisotopic (exact) mass is 539 g/mol. The van der Waals surface area contributed by atoms with E-state index in [4.69, 9.17) is 4.74 Å². The summed E-state index contributed by atoms with van der Waals surface area (Å²) in [6, 6.07) is 13.1. The van der Waals surface area contributed by atoms with Gasteiger partial charge >= 0.3 is 0 Å². The van der Waals surface area contributed by atoms with Crippen LogP contribution in [0.4, 0.5) is 5.69 Å². The predicted molar refractivity (Wildman–Crippen MR) is 133 cm³/mol. The summed E-state index contributed by atoms with van der Waals surface area (Å²) >= 11 is 3.36. The highest BCUT2D eigenvalue weighted by Gasteiger charge is 2.30. The lowest BCUT2D eigenvalue weighted by Crippen LogP contribution is -2.51. The second-order valence-corrected chi connectivity index (χ2v) is 10.3. The number of nitrogens with zero attached hydrogens (tertiary/aromatic N) is 2. The average Bonchev–Trinajstić information content (AvgIpc) is 2.78. The maximum absolute atomic E-state index is 13.5. The number of methoxy groups -OCH3 is 1. The Labute approximate surface area is 204 Å². The van der Waals surface area contributed by atoms with Crippen LogP contribution >= 0.6 is 15.9 Å². The molecule has 2 rings (SSSR count). The third-order valence-corrected chi connectivity index (χ3v) is 6.80. The van der Waals surface area contributed by atoms with Gasteiger partial charge in [0.25, 0.3) is 0 Å². The molecule has 0 saturated heterocycles. The molecular formula is C23H30BrN3O5S. The third kappa shape index (κ3) is 7.46. The molecule has 0 aliphatic carbocycles. The molecule has 0 fully saturated rings. The number of benzene rings is 2. The molecule has 0 radical (unpaired) electrons. The largest absolute Gasteiger partial charge is 0.497 e. The first kappa shape index (κ1) is 26.7. The van der Waals surface area contributed by atoms with Gasteiger partial charge in [-0.15, -0.1) is 0 Å². The Balaban J connectivity index is 2.39. The highest BCUT2D eigenvalue weighted by atomic mass is 79.9. The zero-order chi connectivity index (χ0) is 24.6. The van der Waals surface area contributed by atoms with Gasteiger partial charge in [-0.1, -0.05) is 31.2 Å². The fourth-order valence-corrected chi connectivity index (χ4v) is 4.67. The number of para-hydroxylation sites is 1. The van der Waals surface area contributed by atoms with Crippen LogP contribution in [0.3, 0.4) is 0 Å². The molecule has 0 heterocycles. The van der Waals surface area contributed by atoms with Crippen LogP contribution in [0.1, 0.15) is 25.8 Å². The van der Waals surface area contributed by atoms with E-state index in [2.05, 4.69) is 21.2 Å². The van der Waals surface area contributed by atoms with Crippen molar-refractivity contribution < 1.29 is 22.7 Å². The van der Waals surface area contributed by atoms with Crippen molar-refractivity contribution in [3.63, 3.8) is 0 Å². The summed E-state index contributed by atoms with van der Waals surface area (Å²) in [6.45, 7) is 3.72. The molecule has 2 aromatic carbocycles. The van der Waals surface area contributed by atoms with Crippen molar-refractivity contribution in [3.8, 4) is 5.75 Å². The molecule has 0 bridgehead atoms. The topological polar surface area (TPSA) is 96.0 Å². The van der Waals surface area contributed by atoms with Gasteiger partial charge in [0.05, 0.1) is 19.1 Å². The highest BCUT2D eigenvalue weighted by Crippen LogP contribution is 2.28. The molecule has 180 valence electrons. The first-order valence-electron chi connectivity index (χ1n) is 10.5. The van der Waals surface area contributed by atoms with Crippen molar-refractivity contribution in [1.82, 2.24) is 10.2 Å². The average molecular weight is 540 g/mol. The van der Waals surface area contributed by atoms with E-state index in [-0.39, 0.29) is 12.5 Å². The number of hydrogen-bond acceptors (Lipinski definition) is 5. The molecule has 0 spiro atoms. The van der Waals surface area contributed by atoms with E-state index in [9.17, 15) is 18.0 Å². The van der Waals surface area contributed by atoms with Crippen molar-refractivity contribution >= 4 is 43.5 Å². The van der Waals surface area contributed by atoms with Crippen LogP contribution in [0.25, 0.3) is 0 Å². The van der Waals surface area contributed by atoms with Crippen LogP contribution in [-0.4, -0.2) is 57.6 Å². The van der Waals surface area contributed by atoms with Gasteiger partial charge in [-0.2, -0.15) is 0 Å². The fraction of sp³-hybridized carbons (Fsp3) is 0.391. The minimum Gasteiger partial charge on any atom is -0.497 e. The summed E-state index contributed by atoms with van der Waals surface area (Å²) in [5.74, 6) is -0.188. The third-order valence-electron chi connectivity index (χ3n) is 5.00. The summed E-state index contributed by atoms with van der Waals surface area (Å²) in [5.41, 5.74) is 1.10. The van der Waals surface area contributed by atoms with Gasteiger partial charge in [0.1, 0.15) is 18.3 Å². The van der Waals surface area contributed by atoms with Crippen molar-refractivity contribution in [2.75, 3.05) is 30.8 Å². The second-order valence-electron chi connectivity index (χ2n) is 7.56. The Morgan fingerprint density at radius 3 is 2.45 bits per heavy atom. The maximum Gasteiger partial charge on any atom is 0.244 e. The zero-order valence-corrected chi connectivity index (χ0v) is 21.6. The molecule has 8 nitrogen and oxygen atoms in total. The maximum atomic E-state index is 13.5. The number of halogens is 1. The Bertz CT molecular complexity index is 1080. The Morgan fingerprint density at radius 2 is 1.85 bits per heavy atom. The van der Waals surface area contributed by atoms with Crippen LogP contribution in [0, 0.1) is 0 Å². The van der Waals surface area contributed by atoms with E-state index in [1.54, 1.807) is 56.5 Å². The molecule has 0 unspecified atom stereocenters. The molecule has 0 aliphatic rings. The van der Waals surface area contributed by atoms with Gasteiger partial charge in [-0.3, -0.25) is 13.9 Å². The first-order chi connectivity index (χ1) is 15.6. The number of anilines is 1. The molecule has 0 saturated carbocycles. The van der Waals surface area contributed by atoms with Gasteiger partial charge in [0, 0.05) is 17.6 Å². The fourth-order valence-electron chi connectivity index (χ4n) is 3.19. The SMILES string of the molecule is CCCNC(=O)[C@H](C)N(Cc1cccc(OC)c1)C(=O)CN(c1ccccc1Br)S(C)(=O)=O. The van der Waals surface area contributed by atoms with Gasteiger partial charge in [0.15, 0.2) is 0 Å². The lowest BCUT2D eigenvalue weighted by atomic mass is 10.1. The van der Waals surface area contributed by atoms with Crippen LogP contribution in [0.5, 0.6) is 5.75 Å². The van der Waals surface area contributed by atoms with E-state index in [1.807, 2.05) is 13.0 Å². The Hall–Kier alpha value is -2.59. The normalized spacial score (nSPS) is 12.0. The van der Waals surface area contributed by atoms with E-state index >= 15 is 0 Å². The number of amides is 2. The summed E-state index contributed by atoms with van der Waals surface area (Å²) in [7, 11) is -2.23. The number of carbonyl (C=O) groups is 2. The lowest BCUT2D eigenvalue weighted by Gasteiger charge is -2.31. The molecule has 33 heavy (non-hydrogen) atoms. The molecule has 10 heteroatoms. The number of hydrogen-bond donors (Lipinski definition) is 1. The highest BCUT2D eigenvalue weighted by molar-refractivity contribution is 9.10. The second kappa shape index (κ2) is 12.0. The summed E-state index contributed by atoms with van der Waals surface area (Å²) in [5, 5.41) is 2.80. The van der Waals surface area contributed by atoms with Gasteiger partial charge in [-0.25, -0.2) is 8.42 Å². The molecular weight excluding hydrogens is 510 g/mol. The van der Waals surface area contributed by atoms with Crippen LogP contribution in [0.2, 0.25) is 0 Å². The summed E-state index contributed by atoms with van der Waals surface area (Å²) in [6.07, 6.45) is 1.80. The van der Waals surface area contributed by atoms with Crippen molar-refractivity contribution in [2.24, 2.45) is 0 Å². The molecule has 2 aromatic rings. The Kier molecular flexibility index (Phi) is 9.72. The number of carbonyl (C=O) groups excluding carboxylic acids is 2. The first-order valence-corrected chi connectivity index (χ1v) is 13.1. The molecule has 2 amide bonds. The minimum absolute atomic E-state index is 0.115. The van der Waals surface area contributed by atoms with Gasteiger partial charge < -0.3 is 15.0 Å². The lowest BCUT2D eigenvalue weighted by molar-refractivity contribution is -0.139. The van der Waals surface area contributed by atoms with E-state index in [0.717, 1.165) is 22.5 Å². The standard InChI is InChI=1S/C23H30BrN3O5S/c1-5-13-25-23(29)17(2)26(15-18-9-8-10-19(14-18)32-3)22(28)16-27(33(4,30)31)21-12-7-6-11-20(21)24/h6-12,14,17H,5,13,15-16H2,1-4H3,(H,25,29)/t17-/m0/s1. The Morgan fingerprint density at radius 1 is 1.15 bits per heavy atom. The number of rotatable bonds is 11. The van der Waals surface area contributed by atoms with Gasteiger partial charge in [-0.05, 0) is 59.1 Å². The number of nitrogens with one attached hydrogen (secondary N) is 1. The van der Waals surface area contributed by atoms with E-state index in [1.165, 1.54) is 4.90 Å². The van der Waals surface area contributed by atoms with E-state index < -0.39 is 28.5 Å².